The lowest BCUT2D eigenvalue weighted by Gasteiger charge is -2.36. The van der Waals surface area contributed by atoms with Gasteiger partial charge in [-0.1, -0.05) is 6.92 Å². The Morgan fingerprint density at radius 1 is 1.19 bits per heavy atom. The Morgan fingerprint density at radius 2 is 1.97 bits per heavy atom. The predicted molar refractivity (Wildman–Crippen MR) is 120 cm³/mol. The van der Waals surface area contributed by atoms with Gasteiger partial charge in [0.05, 0.1) is 36.4 Å². The van der Waals surface area contributed by atoms with Gasteiger partial charge in [0.25, 0.3) is 0 Å². The number of cyclic esters (lactones) is 1. The molecule has 3 aromatic heterocycles. The maximum absolute atomic E-state index is 12.3. The Hall–Kier alpha value is -3.30. The number of hydrogen-bond donors (Lipinski definition) is 2. The minimum absolute atomic E-state index is 0.0597. The summed E-state index contributed by atoms with van der Waals surface area (Å²) in [7, 11) is 3.17. The molecule has 3 N–H and O–H groups in total. The fraction of sp³-hybridized carbons (Fsp3) is 0.391. The first-order valence-corrected chi connectivity index (χ1v) is 10.3. The van der Waals surface area contributed by atoms with Gasteiger partial charge in [-0.2, -0.15) is 0 Å². The van der Waals surface area contributed by atoms with Crippen LogP contribution in [0.1, 0.15) is 54.3 Å². The first-order valence-electron chi connectivity index (χ1n) is 10.3. The number of carbonyl (C=O) groups is 1. The van der Waals surface area contributed by atoms with Crippen molar-refractivity contribution >= 4 is 28.4 Å². The standard InChI is InChI=1S/C23H27N5O4/c1-12-20-13(22(29)32-23(12,2)3)6-7-18(28-20)27-19-8-14-15(17(24)11-30-4)9-26-21(31-5)16(14)10-25-19/h6-10,12,17H,11,24H2,1-5H3,(H,25,27,28)/t12-,17-/m1/s1. The average Bonchev–Trinajstić information content (AvgIpc) is 2.76. The number of ether oxygens (including phenoxy) is 3. The second-order valence-electron chi connectivity index (χ2n) is 8.37. The van der Waals surface area contributed by atoms with Gasteiger partial charge in [-0.3, -0.25) is 0 Å². The van der Waals surface area contributed by atoms with E-state index in [1.807, 2.05) is 26.8 Å². The molecule has 9 heteroatoms. The number of nitrogens with zero attached hydrogens (tertiary/aromatic N) is 3. The molecular formula is C23H27N5O4. The lowest BCUT2D eigenvalue weighted by Crippen LogP contribution is -2.39. The predicted octanol–water partition coefficient (Wildman–Crippen LogP) is 3.48. The Labute approximate surface area is 186 Å². The van der Waals surface area contributed by atoms with E-state index in [-0.39, 0.29) is 17.9 Å². The van der Waals surface area contributed by atoms with Gasteiger partial charge in [0, 0.05) is 25.4 Å². The summed E-state index contributed by atoms with van der Waals surface area (Å²) in [4.78, 5) is 25.9. The van der Waals surface area contributed by atoms with Crippen LogP contribution in [0, 0.1) is 0 Å². The lowest BCUT2D eigenvalue weighted by molar-refractivity contribution is -0.0189. The Bertz CT molecular complexity index is 1180. The number of nitrogens with one attached hydrogen (secondary N) is 1. The third-order valence-corrected chi connectivity index (χ3v) is 5.91. The molecule has 4 rings (SSSR count). The van der Waals surface area contributed by atoms with Crippen LogP contribution in [-0.4, -0.2) is 47.3 Å². The number of aromatic nitrogens is 3. The fourth-order valence-corrected chi connectivity index (χ4v) is 3.82. The van der Waals surface area contributed by atoms with E-state index in [2.05, 4.69) is 15.3 Å². The van der Waals surface area contributed by atoms with Crippen LogP contribution in [0.2, 0.25) is 0 Å². The number of esters is 1. The van der Waals surface area contributed by atoms with Gasteiger partial charge >= 0.3 is 5.97 Å². The molecule has 9 nitrogen and oxygen atoms in total. The average molecular weight is 438 g/mol. The third kappa shape index (κ3) is 3.85. The molecule has 0 bridgehead atoms. The molecule has 0 spiro atoms. The van der Waals surface area contributed by atoms with Gasteiger partial charge in [-0.25, -0.2) is 19.7 Å². The molecule has 2 atom stereocenters. The largest absolute Gasteiger partial charge is 0.481 e. The zero-order valence-corrected chi connectivity index (χ0v) is 18.8. The molecule has 1 aliphatic rings. The van der Waals surface area contributed by atoms with Crippen molar-refractivity contribution in [1.82, 2.24) is 15.0 Å². The van der Waals surface area contributed by atoms with Crippen molar-refractivity contribution in [2.75, 3.05) is 26.1 Å². The van der Waals surface area contributed by atoms with E-state index in [9.17, 15) is 4.79 Å². The maximum Gasteiger partial charge on any atom is 0.340 e. The third-order valence-electron chi connectivity index (χ3n) is 5.91. The van der Waals surface area contributed by atoms with E-state index in [0.717, 1.165) is 16.3 Å². The van der Waals surface area contributed by atoms with Crippen LogP contribution in [0.25, 0.3) is 10.8 Å². The number of anilines is 2. The monoisotopic (exact) mass is 437 g/mol. The Kier molecular flexibility index (Phi) is 5.70. The number of methoxy groups -OCH3 is 2. The van der Waals surface area contributed by atoms with Crippen molar-refractivity contribution in [1.29, 1.82) is 0 Å². The number of rotatable bonds is 6. The van der Waals surface area contributed by atoms with Crippen molar-refractivity contribution in [3.63, 3.8) is 0 Å². The van der Waals surface area contributed by atoms with E-state index >= 15 is 0 Å². The van der Waals surface area contributed by atoms with Crippen molar-refractivity contribution in [2.24, 2.45) is 5.73 Å². The van der Waals surface area contributed by atoms with Crippen LogP contribution in [0.15, 0.2) is 30.6 Å². The SMILES string of the molecule is COC[C@@H](N)c1cnc(OC)c2cnc(Nc3ccc4c(n3)[C@@H](C)C(C)(C)OC4=O)cc12. The van der Waals surface area contributed by atoms with Crippen LogP contribution in [0.4, 0.5) is 11.6 Å². The highest BCUT2D eigenvalue weighted by molar-refractivity contribution is 5.93. The summed E-state index contributed by atoms with van der Waals surface area (Å²) in [6, 6.07) is 4.99. The van der Waals surface area contributed by atoms with Gasteiger partial charge < -0.3 is 25.3 Å². The van der Waals surface area contributed by atoms with Crippen molar-refractivity contribution in [3.05, 3.63) is 47.4 Å². The summed E-state index contributed by atoms with van der Waals surface area (Å²) in [6.45, 7) is 6.12. The van der Waals surface area contributed by atoms with Gasteiger partial charge in [-0.15, -0.1) is 0 Å². The van der Waals surface area contributed by atoms with Gasteiger partial charge in [-0.05, 0) is 43.0 Å². The highest BCUT2D eigenvalue weighted by Crippen LogP contribution is 2.38. The molecule has 4 heterocycles. The van der Waals surface area contributed by atoms with E-state index in [4.69, 9.17) is 24.9 Å². The summed E-state index contributed by atoms with van der Waals surface area (Å²) in [5.74, 6) is 1.21. The summed E-state index contributed by atoms with van der Waals surface area (Å²) in [5, 5.41) is 4.84. The van der Waals surface area contributed by atoms with Crippen molar-refractivity contribution in [3.8, 4) is 5.88 Å². The molecule has 0 aliphatic carbocycles. The first kappa shape index (κ1) is 21.9. The van der Waals surface area contributed by atoms with Crippen LogP contribution in [-0.2, 0) is 9.47 Å². The maximum atomic E-state index is 12.3. The van der Waals surface area contributed by atoms with E-state index in [1.165, 1.54) is 0 Å². The van der Waals surface area contributed by atoms with Crippen LogP contribution >= 0.6 is 0 Å². The molecule has 0 amide bonds. The summed E-state index contributed by atoms with van der Waals surface area (Å²) >= 11 is 0. The Morgan fingerprint density at radius 3 is 2.69 bits per heavy atom. The highest BCUT2D eigenvalue weighted by atomic mass is 16.6. The molecule has 0 saturated carbocycles. The second kappa shape index (κ2) is 8.33. The lowest BCUT2D eigenvalue weighted by atomic mass is 9.84. The smallest absolute Gasteiger partial charge is 0.340 e. The van der Waals surface area contributed by atoms with Crippen LogP contribution < -0.4 is 15.8 Å². The summed E-state index contributed by atoms with van der Waals surface area (Å²) < 4.78 is 16.1. The highest BCUT2D eigenvalue weighted by Gasteiger charge is 2.40. The fourth-order valence-electron chi connectivity index (χ4n) is 3.82. The molecular weight excluding hydrogens is 410 g/mol. The molecule has 3 aromatic rings. The minimum atomic E-state index is -0.632. The molecule has 0 radical (unpaired) electrons. The zero-order chi connectivity index (χ0) is 23.0. The number of carbonyl (C=O) groups excluding carboxylic acids is 1. The normalized spacial score (nSPS) is 18.1. The van der Waals surface area contributed by atoms with Crippen LogP contribution in [0.3, 0.4) is 0 Å². The first-order chi connectivity index (χ1) is 15.2. The number of hydrogen-bond acceptors (Lipinski definition) is 9. The topological polar surface area (TPSA) is 121 Å². The zero-order valence-electron chi connectivity index (χ0n) is 18.8. The van der Waals surface area contributed by atoms with Gasteiger partial charge in [0.15, 0.2) is 0 Å². The van der Waals surface area contributed by atoms with Crippen molar-refractivity contribution in [2.45, 2.75) is 38.3 Å². The van der Waals surface area contributed by atoms with E-state index in [0.29, 0.717) is 35.4 Å². The van der Waals surface area contributed by atoms with E-state index in [1.54, 1.807) is 38.7 Å². The number of pyridine rings is 3. The molecule has 168 valence electrons. The molecule has 0 unspecified atom stereocenters. The van der Waals surface area contributed by atoms with Crippen molar-refractivity contribution < 1.29 is 19.0 Å². The quantitative estimate of drug-likeness (QED) is 0.558. The van der Waals surface area contributed by atoms with E-state index < -0.39 is 5.60 Å². The van der Waals surface area contributed by atoms with Gasteiger partial charge in [0.2, 0.25) is 5.88 Å². The molecule has 0 fully saturated rings. The number of fused-ring (bicyclic) bond motifs is 2. The summed E-state index contributed by atoms with van der Waals surface area (Å²) in [6.07, 6.45) is 3.38. The second-order valence-corrected chi connectivity index (χ2v) is 8.37. The minimum Gasteiger partial charge on any atom is -0.481 e. The molecule has 1 aliphatic heterocycles. The molecule has 0 saturated heterocycles. The Balaban J connectivity index is 1.73. The molecule has 32 heavy (non-hydrogen) atoms. The van der Waals surface area contributed by atoms with Crippen LogP contribution in [0.5, 0.6) is 5.88 Å². The van der Waals surface area contributed by atoms with Gasteiger partial charge in [0.1, 0.15) is 17.2 Å². The molecule has 0 aromatic carbocycles. The number of nitrogens with two attached hydrogens (primary N) is 1. The summed E-state index contributed by atoms with van der Waals surface area (Å²) in [5.41, 5.74) is 7.67.